The minimum Gasteiger partial charge on any atom is -0.400 e. The van der Waals surface area contributed by atoms with Gasteiger partial charge in [0.2, 0.25) is 0 Å². The van der Waals surface area contributed by atoms with Gasteiger partial charge in [-0.05, 0) is 65.3 Å². The normalized spacial score (nSPS) is 12.4. The maximum Gasteiger partial charge on any atom is 0.142 e. The first kappa shape index (κ1) is 34.3. The number of halogens is 1. The van der Waals surface area contributed by atoms with Gasteiger partial charge in [0, 0.05) is 29.7 Å². The van der Waals surface area contributed by atoms with Crippen molar-refractivity contribution in [2.24, 2.45) is 10.7 Å². The van der Waals surface area contributed by atoms with Crippen molar-refractivity contribution in [1.82, 2.24) is 9.88 Å². The molecule has 6 heteroatoms. The molecule has 0 aliphatic rings. The van der Waals surface area contributed by atoms with E-state index < -0.39 is 5.82 Å². The van der Waals surface area contributed by atoms with Crippen molar-refractivity contribution < 1.29 is 4.39 Å². The summed E-state index contributed by atoms with van der Waals surface area (Å²) in [6, 6.07) is 1.34. The van der Waals surface area contributed by atoms with Crippen LogP contribution in [0.3, 0.4) is 0 Å². The number of hydrogen-bond donors (Lipinski definition) is 2. The number of nitrogens with one attached hydrogen (secondary N) is 1. The Morgan fingerprint density at radius 3 is 2.23 bits per heavy atom. The highest BCUT2D eigenvalue weighted by Gasteiger charge is 2.05. The molecule has 0 amide bonds. The fourth-order valence-corrected chi connectivity index (χ4v) is 2.96. The van der Waals surface area contributed by atoms with Crippen molar-refractivity contribution in [3.8, 4) is 0 Å². The van der Waals surface area contributed by atoms with Crippen molar-refractivity contribution in [3.63, 3.8) is 0 Å². The van der Waals surface area contributed by atoms with Crippen LogP contribution in [0.4, 0.5) is 4.39 Å². The lowest BCUT2D eigenvalue weighted by Crippen LogP contribution is -2.25. The van der Waals surface area contributed by atoms with E-state index in [-0.39, 0.29) is 5.71 Å². The average molecular weight is 486 g/mol. The van der Waals surface area contributed by atoms with Crippen LogP contribution in [0.15, 0.2) is 70.8 Å². The second-order valence-corrected chi connectivity index (χ2v) is 7.82. The van der Waals surface area contributed by atoms with Crippen molar-refractivity contribution in [3.05, 3.63) is 77.2 Å². The van der Waals surface area contributed by atoms with Gasteiger partial charge in [0.15, 0.2) is 0 Å². The van der Waals surface area contributed by atoms with Gasteiger partial charge in [0.1, 0.15) is 11.5 Å². The Morgan fingerprint density at radius 1 is 1.17 bits per heavy atom. The topological polar surface area (TPSA) is 78.4 Å². The highest BCUT2D eigenvalue weighted by atomic mass is 19.1. The highest BCUT2D eigenvalue weighted by Crippen LogP contribution is 2.09. The molecule has 1 rings (SSSR count). The second kappa shape index (κ2) is 20.5. The third kappa shape index (κ3) is 15.6. The number of aromatic nitrogens is 1. The highest BCUT2D eigenvalue weighted by molar-refractivity contribution is 6.04. The summed E-state index contributed by atoms with van der Waals surface area (Å²) in [5.74, 6) is -0.418. The monoisotopic (exact) mass is 485 g/mol. The standard InChI is InChI=1S/C15H27N.C12H15FN4.C2H6/c1-6-12-16(9-4)13-14(5)10-11-15(7-2)8-3;1-7(14)12(8(2)15)17-9(3)10-4-11(13)6-16-5-10;1-2/h7,10-11H,5-6,8-9,12-13H2,1-4H3;4-6,14H,15H2,1-3H3;1-2H3/b11-10-,15-7-;12-8-,14-7?,17-9?;. The van der Waals surface area contributed by atoms with Gasteiger partial charge >= 0.3 is 0 Å². The van der Waals surface area contributed by atoms with Crippen LogP contribution in [-0.2, 0) is 0 Å². The zero-order chi connectivity index (χ0) is 27.4. The SMILES string of the molecule is C=C(/C=C\C(=C/C)CC)CN(CC)CCC.CC.CC(=N)/C(N=C(C)c1cncc(F)c1)=C(\C)N. The zero-order valence-electron chi connectivity index (χ0n) is 23.5. The molecule has 0 radical (unpaired) electrons. The number of pyridine rings is 1. The summed E-state index contributed by atoms with van der Waals surface area (Å²) >= 11 is 0. The Balaban J connectivity index is 0. The number of likely N-dealkylation sites (N-methyl/N-ethyl adjacent to an activating group) is 1. The van der Waals surface area contributed by atoms with E-state index in [9.17, 15) is 4.39 Å². The van der Waals surface area contributed by atoms with E-state index in [0.717, 1.165) is 32.3 Å². The van der Waals surface area contributed by atoms with Crippen LogP contribution in [0.5, 0.6) is 0 Å². The summed E-state index contributed by atoms with van der Waals surface area (Å²) in [6.07, 6.45) is 11.4. The Kier molecular flexibility index (Phi) is 20.1. The fraction of sp³-hybridized carbons (Fsp3) is 0.483. The van der Waals surface area contributed by atoms with Crippen LogP contribution in [-0.4, -0.2) is 40.9 Å². The lowest BCUT2D eigenvalue weighted by molar-refractivity contribution is 0.315. The van der Waals surface area contributed by atoms with Crippen LogP contribution >= 0.6 is 0 Å². The molecule has 0 bridgehead atoms. The van der Waals surface area contributed by atoms with Gasteiger partial charge in [0.25, 0.3) is 0 Å². The molecule has 0 saturated heterocycles. The third-order valence-corrected chi connectivity index (χ3v) is 4.86. The number of nitrogens with two attached hydrogens (primary N) is 1. The van der Waals surface area contributed by atoms with E-state index in [1.807, 2.05) is 13.8 Å². The molecule has 5 nitrogen and oxygen atoms in total. The Bertz CT molecular complexity index is 890. The summed E-state index contributed by atoms with van der Waals surface area (Å²) in [5, 5.41) is 7.55. The average Bonchev–Trinajstić information content (AvgIpc) is 2.84. The van der Waals surface area contributed by atoms with Crippen LogP contribution in [0.1, 0.15) is 80.7 Å². The number of nitrogens with zero attached hydrogens (tertiary/aromatic N) is 3. The Labute approximate surface area is 214 Å². The van der Waals surface area contributed by atoms with E-state index in [4.69, 9.17) is 11.1 Å². The molecule has 0 aliphatic carbocycles. The molecule has 0 aromatic carbocycles. The van der Waals surface area contributed by atoms with Gasteiger partial charge in [-0.25, -0.2) is 9.38 Å². The predicted octanol–water partition coefficient (Wildman–Crippen LogP) is 7.47. The zero-order valence-corrected chi connectivity index (χ0v) is 23.5. The van der Waals surface area contributed by atoms with Gasteiger partial charge in [0.05, 0.1) is 11.9 Å². The molecule has 0 spiro atoms. The fourth-order valence-electron chi connectivity index (χ4n) is 2.96. The molecule has 0 fully saturated rings. The van der Waals surface area contributed by atoms with Gasteiger partial charge in [-0.2, -0.15) is 0 Å². The van der Waals surface area contributed by atoms with E-state index in [1.165, 1.54) is 29.8 Å². The lowest BCUT2D eigenvalue weighted by Gasteiger charge is -2.19. The van der Waals surface area contributed by atoms with E-state index in [2.05, 4.69) is 67.4 Å². The summed E-state index contributed by atoms with van der Waals surface area (Å²) in [6.45, 7) is 25.0. The molecule has 1 heterocycles. The van der Waals surface area contributed by atoms with Gasteiger partial charge in [-0.15, -0.1) is 0 Å². The smallest absolute Gasteiger partial charge is 0.142 e. The van der Waals surface area contributed by atoms with Crippen LogP contribution in [0.25, 0.3) is 0 Å². The van der Waals surface area contributed by atoms with Crippen molar-refractivity contribution in [2.75, 3.05) is 19.6 Å². The van der Waals surface area contributed by atoms with Crippen LogP contribution in [0.2, 0.25) is 0 Å². The number of hydrogen-bond acceptors (Lipinski definition) is 5. The first-order valence-corrected chi connectivity index (χ1v) is 12.5. The third-order valence-electron chi connectivity index (χ3n) is 4.86. The summed E-state index contributed by atoms with van der Waals surface area (Å²) in [4.78, 5) is 10.4. The maximum atomic E-state index is 13.0. The molecule has 1 aromatic heterocycles. The molecule has 0 saturated carbocycles. The van der Waals surface area contributed by atoms with Gasteiger partial charge in [-0.1, -0.05) is 65.0 Å². The Morgan fingerprint density at radius 2 is 1.80 bits per heavy atom. The van der Waals surface area contributed by atoms with Gasteiger partial charge < -0.3 is 11.1 Å². The second-order valence-electron chi connectivity index (χ2n) is 7.82. The van der Waals surface area contributed by atoms with Crippen LogP contribution in [0, 0.1) is 11.2 Å². The molecule has 3 N–H and O–H groups in total. The molecule has 0 atom stereocenters. The largest absolute Gasteiger partial charge is 0.400 e. The van der Waals surface area contributed by atoms with E-state index >= 15 is 0 Å². The summed E-state index contributed by atoms with van der Waals surface area (Å²) in [5.41, 5.74) is 10.5. The number of aliphatic imine (C=N–C) groups is 1. The summed E-state index contributed by atoms with van der Waals surface area (Å²) in [7, 11) is 0. The maximum absolute atomic E-state index is 13.0. The molecule has 35 heavy (non-hydrogen) atoms. The molecular weight excluding hydrogens is 437 g/mol. The molecule has 196 valence electrons. The number of allylic oxidation sites excluding steroid dienone is 5. The van der Waals surface area contributed by atoms with Gasteiger partial charge in [-0.3, -0.25) is 9.88 Å². The molecule has 0 unspecified atom stereocenters. The molecular formula is C29H48FN5. The van der Waals surface area contributed by atoms with E-state index in [0.29, 0.717) is 22.7 Å². The minimum absolute atomic E-state index is 0.272. The minimum atomic E-state index is -0.418. The predicted molar refractivity (Wildman–Crippen MR) is 153 cm³/mol. The van der Waals surface area contributed by atoms with Crippen molar-refractivity contribution in [2.45, 2.75) is 75.2 Å². The van der Waals surface area contributed by atoms with Crippen LogP contribution < -0.4 is 5.73 Å². The summed E-state index contributed by atoms with van der Waals surface area (Å²) < 4.78 is 13.0. The quantitative estimate of drug-likeness (QED) is 0.252. The van der Waals surface area contributed by atoms with Crippen molar-refractivity contribution in [1.29, 1.82) is 5.41 Å². The van der Waals surface area contributed by atoms with Crippen molar-refractivity contribution >= 4 is 11.4 Å². The molecule has 1 aromatic rings. The number of rotatable bonds is 11. The lowest BCUT2D eigenvalue weighted by atomic mass is 10.1. The van der Waals surface area contributed by atoms with E-state index in [1.54, 1.807) is 20.8 Å². The first-order chi connectivity index (χ1) is 16.6. The molecule has 0 aliphatic heterocycles. The first-order valence-electron chi connectivity index (χ1n) is 12.5. The Hall–Kier alpha value is -2.86.